The van der Waals surface area contributed by atoms with E-state index in [2.05, 4.69) is 27.4 Å². The molecule has 1 N–H and O–H groups in total. The van der Waals surface area contributed by atoms with E-state index in [9.17, 15) is 10.0 Å². The van der Waals surface area contributed by atoms with Crippen molar-refractivity contribution in [3.8, 4) is 0 Å². The lowest BCUT2D eigenvalue weighted by molar-refractivity contribution is -0.120. The molecular weight excluding hydrogens is 587 g/mol. The van der Waals surface area contributed by atoms with Crippen LogP contribution in [0.15, 0.2) is 12.2 Å². The summed E-state index contributed by atoms with van der Waals surface area (Å²) in [5.74, 6) is 1.14. The third-order valence-corrected chi connectivity index (χ3v) is 10.7. The van der Waals surface area contributed by atoms with Gasteiger partial charge in [-0.2, -0.15) is 5.06 Å². The minimum absolute atomic E-state index is 0.516. The van der Waals surface area contributed by atoms with Gasteiger partial charge in [0.1, 0.15) is 5.78 Å². The van der Waals surface area contributed by atoms with Crippen LogP contribution < -0.4 is 0 Å². The fourth-order valence-corrected chi connectivity index (χ4v) is 7.29. The molecule has 0 aliphatic heterocycles. The molecule has 0 amide bonds. The van der Waals surface area contributed by atoms with Crippen molar-refractivity contribution in [1.29, 1.82) is 0 Å². The van der Waals surface area contributed by atoms with E-state index in [0.29, 0.717) is 11.7 Å². The third kappa shape index (κ3) is 36.6. The first-order valence-corrected chi connectivity index (χ1v) is 22.2. The number of carbonyl (C=O) groups excluding carboxylic acids is 1. The van der Waals surface area contributed by atoms with Gasteiger partial charge in [-0.3, -0.25) is 4.79 Å². The van der Waals surface area contributed by atoms with Crippen molar-refractivity contribution in [2.24, 2.45) is 5.92 Å². The van der Waals surface area contributed by atoms with Crippen molar-refractivity contribution in [3.05, 3.63) is 12.2 Å². The molecule has 0 aromatic rings. The van der Waals surface area contributed by atoms with Crippen LogP contribution in [0.5, 0.6) is 0 Å². The number of hydroxylamine groups is 2. The molecule has 0 heterocycles. The lowest BCUT2D eigenvalue weighted by Gasteiger charge is -2.16. The molecule has 48 heavy (non-hydrogen) atoms. The van der Waals surface area contributed by atoms with Crippen LogP contribution in [0.4, 0.5) is 0 Å². The van der Waals surface area contributed by atoms with Crippen molar-refractivity contribution in [2.75, 3.05) is 13.1 Å². The molecule has 0 aliphatic carbocycles. The van der Waals surface area contributed by atoms with Crippen LogP contribution in [-0.2, 0) is 4.79 Å². The molecule has 0 bridgehead atoms. The molecule has 0 aromatic heterocycles. The minimum Gasteiger partial charge on any atom is -0.314 e. The molecule has 0 unspecified atom stereocenters. The highest BCUT2D eigenvalue weighted by molar-refractivity contribution is 5.78. The van der Waals surface area contributed by atoms with Gasteiger partial charge in [-0.15, -0.1) is 0 Å². The van der Waals surface area contributed by atoms with Crippen LogP contribution in [-0.4, -0.2) is 29.1 Å². The Labute approximate surface area is 303 Å². The Morgan fingerprint density at radius 3 is 1.17 bits per heavy atom. The molecule has 0 saturated heterocycles. The van der Waals surface area contributed by atoms with E-state index in [0.717, 1.165) is 58.0 Å². The van der Waals surface area contributed by atoms with Crippen LogP contribution in [0.25, 0.3) is 0 Å². The van der Waals surface area contributed by atoms with Crippen molar-refractivity contribution >= 4 is 5.78 Å². The Bertz CT molecular complexity index is 645. The summed E-state index contributed by atoms with van der Waals surface area (Å²) in [7, 11) is 0. The molecule has 0 radical (unpaired) electrons. The highest BCUT2D eigenvalue weighted by Gasteiger charge is 2.14. The summed E-state index contributed by atoms with van der Waals surface area (Å²) in [4.78, 5) is 12.8. The van der Waals surface area contributed by atoms with Crippen LogP contribution in [0.3, 0.4) is 0 Å². The Hall–Kier alpha value is -0.670. The number of hydrogen-bond acceptors (Lipinski definition) is 3. The monoisotopic (exact) mass is 676 g/mol. The average Bonchev–Trinajstić information content (AvgIpc) is 3.07. The van der Waals surface area contributed by atoms with Gasteiger partial charge in [0.15, 0.2) is 0 Å². The Morgan fingerprint density at radius 1 is 0.458 bits per heavy atom. The predicted molar refractivity (Wildman–Crippen MR) is 214 cm³/mol. The Kier molecular flexibility index (Phi) is 38.6. The van der Waals surface area contributed by atoms with E-state index >= 15 is 0 Å². The minimum atomic E-state index is 0.516. The molecule has 0 atom stereocenters. The van der Waals surface area contributed by atoms with Gasteiger partial charge < -0.3 is 5.21 Å². The highest BCUT2D eigenvalue weighted by atomic mass is 16.5. The van der Waals surface area contributed by atoms with Gasteiger partial charge in [0.05, 0.1) is 0 Å². The summed E-state index contributed by atoms with van der Waals surface area (Å²) in [6.07, 6.45) is 45.7. The molecule has 0 aliphatic rings. The van der Waals surface area contributed by atoms with Crippen molar-refractivity contribution < 1.29 is 10.0 Å². The molecule has 0 fully saturated rings. The number of rotatable bonds is 41. The van der Waals surface area contributed by atoms with Gasteiger partial charge in [0, 0.05) is 25.9 Å². The highest BCUT2D eigenvalue weighted by Crippen LogP contribution is 2.24. The van der Waals surface area contributed by atoms with E-state index in [4.69, 9.17) is 0 Å². The molecule has 3 nitrogen and oxygen atoms in total. The number of allylic oxidation sites excluding steroid dienone is 1. The molecule has 0 spiro atoms. The summed E-state index contributed by atoms with van der Waals surface area (Å²) < 4.78 is 0. The van der Waals surface area contributed by atoms with Gasteiger partial charge in [0.2, 0.25) is 0 Å². The predicted octanol–water partition coefficient (Wildman–Crippen LogP) is 15.5. The smallest absolute Gasteiger partial charge is 0.133 e. The topological polar surface area (TPSA) is 40.5 Å². The summed E-state index contributed by atoms with van der Waals surface area (Å²) in [6, 6.07) is 0. The second kappa shape index (κ2) is 39.1. The molecule has 3 heteroatoms. The lowest BCUT2D eigenvalue weighted by Crippen LogP contribution is -2.21. The first kappa shape index (κ1) is 47.3. The Balaban J connectivity index is 3.75. The number of Topliss-reactive ketones (excluding diaryl/α,β-unsaturated/α-hetero) is 1. The standard InChI is InChI=1S/C45H89NO2/c1-5-8-11-14-17-18-21-28-35-43(4)36-29-22-19-26-33-40-46(48)41-34-27-20-25-32-39-45(47)42-44(37-30-23-15-12-9-6-2)38-31-24-16-13-10-7-3/h44,48H,4-42H2,1-3H3. The normalized spacial score (nSPS) is 11.7. The molecule has 0 rings (SSSR count). The zero-order valence-electron chi connectivity index (χ0n) is 33.5. The number of ketones is 1. The van der Waals surface area contributed by atoms with E-state index < -0.39 is 0 Å². The lowest BCUT2D eigenvalue weighted by atomic mass is 9.89. The number of hydrogen-bond donors (Lipinski definition) is 1. The maximum Gasteiger partial charge on any atom is 0.133 e. The quantitative estimate of drug-likeness (QED) is 0.0398. The summed E-state index contributed by atoms with van der Waals surface area (Å²) in [5, 5.41) is 11.8. The van der Waals surface area contributed by atoms with Crippen LogP contribution in [0.2, 0.25) is 0 Å². The third-order valence-electron chi connectivity index (χ3n) is 10.7. The van der Waals surface area contributed by atoms with Gasteiger partial charge in [-0.25, -0.2) is 0 Å². The summed E-state index contributed by atoms with van der Waals surface area (Å²) >= 11 is 0. The van der Waals surface area contributed by atoms with Crippen LogP contribution in [0, 0.1) is 5.92 Å². The number of nitrogens with zero attached hydrogens (tertiary/aromatic N) is 1. The molecule has 0 saturated carbocycles. The maximum absolute atomic E-state index is 12.8. The fraction of sp³-hybridized carbons (Fsp3) is 0.933. The second-order valence-electron chi connectivity index (χ2n) is 15.7. The van der Waals surface area contributed by atoms with E-state index in [-0.39, 0.29) is 0 Å². The summed E-state index contributed by atoms with van der Waals surface area (Å²) in [6.45, 7) is 12.8. The summed E-state index contributed by atoms with van der Waals surface area (Å²) in [5.41, 5.74) is 1.46. The Morgan fingerprint density at radius 2 is 0.771 bits per heavy atom. The SMILES string of the molecule is C=C(CCCCCCCCCC)CCCCCCCN(O)CCCCCCCC(=O)CC(CCCCCCCC)CCCCCCCC. The van der Waals surface area contributed by atoms with Crippen LogP contribution in [0.1, 0.15) is 252 Å². The van der Waals surface area contributed by atoms with E-state index in [1.165, 1.54) is 192 Å². The zero-order valence-corrected chi connectivity index (χ0v) is 33.5. The molecule has 286 valence electrons. The first-order valence-electron chi connectivity index (χ1n) is 22.2. The number of carbonyl (C=O) groups is 1. The van der Waals surface area contributed by atoms with Crippen LogP contribution >= 0.6 is 0 Å². The van der Waals surface area contributed by atoms with Crippen molar-refractivity contribution in [3.63, 3.8) is 0 Å². The number of unbranched alkanes of at least 4 members (excludes halogenated alkanes) is 25. The van der Waals surface area contributed by atoms with E-state index in [1.807, 2.05) is 0 Å². The van der Waals surface area contributed by atoms with Gasteiger partial charge in [-0.05, 0) is 50.9 Å². The average molecular weight is 676 g/mol. The fourth-order valence-electron chi connectivity index (χ4n) is 7.29. The van der Waals surface area contributed by atoms with Gasteiger partial charge >= 0.3 is 0 Å². The van der Waals surface area contributed by atoms with Gasteiger partial charge in [-0.1, -0.05) is 206 Å². The second-order valence-corrected chi connectivity index (χ2v) is 15.7. The first-order chi connectivity index (χ1) is 23.5. The molecule has 0 aromatic carbocycles. The largest absolute Gasteiger partial charge is 0.314 e. The van der Waals surface area contributed by atoms with Crippen molar-refractivity contribution in [2.45, 2.75) is 252 Å². The maximum atomic E-state index is 12.8. The molecular formula is C45H89NO2. The van der Waals surface area contributed by atoms with E-state index in [1.54, 1.807) is 5.06 Å². The van der Waals surface area contributed by atoms with Gasteiger partial charge in [0.25, 0.3) is 0 Å². The zero-order chi connectivity index (χ0) is 35.2. The van der Waals surface area contributed by atoms with Crippen molar-refractivity contribution in [1.82, 2.24) is 5.06 Å².